The zero-order chi connectivity index (χ0) is 21.1. The Labute approximate surface area is 184 Å². The first-order chi connectivity index (χ1) is 14.6. The second-order valence-corrected chi connectivity index (χ2v) is 7.81. The highest BCUT2D eigenvalue weighted by atomic mass is 79.9. The number of carbonyl (C=O) groups excluding carboxylic acids is 1. The summed E-state index contributed by atoms with van der Waals surface area (Å²) in [4.78, 5) is 13.4. The van der Waals surface area contributed by atoms with Gasteiger partial charge in [-0.1, -0.05) is 52.3 Å². The number of carbonyl (C=O) groups is 1. The van der Waals surface area contributed by atoms with Crippen LogP contribution >= 0.6 is 15.9 Å². The summed E-state index contributed by atoms with van der Waals surface area (Å²) < 4.78 is 11.9. The predicted molar refractivity (Wildman–Crippen MR) is 120 cm³/mol. The molecular weight excluding hydrogens is 444 g/mol. The number of para-hydroxylation sites is 1. The zero-order valence-corrected chi connectivity index (χ0v) is 18.3. The molecular formula is C24H21BrN2O3. The number of hydrogen-bond donors (Lipinski definition) is 0. The topological polar surface area (TPSA) is 51.1 Å². The quantitative estimate of drug-likeness (QED) is 0.503. The molecule has 0 bridgehead atoms. The van der Waals surface area contributed by atoms with Crippen molar-refractivity contribution in [3.05, 3.63) is 94.0 Å². The number of ether oxygens (including phenoxy) is 2. The maximum atomic E-state index is 13.4. The molecule has 152 valence electrons. The van der Waals surface area contributed by atoms with Gasteiger partial charge in [0.25, 0.3) is 5.91 Å². The molecule has 0 N–H and O–H groups in total. The zero-order valence-electron chi connectivity index (χ0n) is 16.7. The maximum Gasteiger partial charge on any atom is 0.274 e. The highest BCUT2D eigenvalue weighted by Gasteiger charge is 2.35. The molecule has 5 nitrogen and oxygen atoms in total. The molecule has 0 spiro atoms. The Hall–Kier alpha value is -3.12. The van der Waals surface area contributed by atoms with E-state index in [9.17, 15) is 4.79 Å². The van der Waals surface area contributed by atoms with Crippen molar-refractivity contribution in [2.24, 2.45) is 5.10 Å². The van der Waals surface area contributed by atoms with E-state index in [1.165, 1.54) is 0 Å². The number of hydrogen-bond acceptors (Lipinski definition) is 4. The van der Waals surface area contributed by atoms with Gasteiger partial charge in [-0.3, -0.25) is 4.79 Å². The third-order valence-corrected chi connectivity index (χ3v) is 5.64. The van der Waals surface area contributed by atoms with Crippen molar-refractivity contribution in [2.75, 3.05) is 14.2 Å². The number of hydrazone groups is 1. The van der Waals surface area contributed by atoms with Gasteiger partial charge in [0.2, 0.25) is 0 Å². The molecule has 4 rings (SSSR count). The van der Waals surface area contributed by atoms with Gasteiger partial charge >= 0.3 is 0 Å². The van der Waals surface area contributed by atoms with E-state index in [0.717, 1.165) is 27.1 Å². The van der Waals surface area contributed by atoms with E-state index in [1.807, 2.05) is 54.6 Å². The van der Waals surface area contributed by atoms with Crippen LogP contribution in [0.4, 0.5) is 0 Å². The van der Waals surface area contributed by atoms with E-state index in [4.69, 9.17) is 14.6 Å². The lowest BCUT2D eigenvalue weighted by atomic mass is 9.97. The summed E-state index contributed by atoms with van der Waals surface area (Å²) in [6.07, 6.45) is 0.595. The first-order valence-corrected chi connectivity index (χ1v) is 10.3. The van der Waals surface area contributed by atoms with Gasteiger partial charge in [-0.2, -0.15) is 5.10 Å². The van der Waals surface area contributed by atoms with E-state index in [2.05, 4.69) is 15.9 Å². The summed E-state index contributed by atoms with van der Waals surface area (Å²) in [6.45, 7) is 0. The van der Waals surface area contributed by atoms with Crippen LogP contribution in [0.25, 0.3) is 0 Å². The third-order valence-electron chi connectivity index (χ3n) is 5.11. The normalized spacial score (nSPS) is 15.6. The first kappa shape index (κ1) is 20.2. The van der Waals surface area contributed by atoms with Gasteiger partial charge in [-0.15, -0.1) is 0 Å². The third kappa shape index (κ3) is 3.96. The number of amides is 1. The van der Waals surface area contributed by atoms with Crippen LogP contribution in [-0.2, 0) is 0 Å². The standard InChI is InChI=1S/C24H21BrN2O3/c1-29-19-7-5-6-17(14-19)24(28)27-22(20-8-3-4-9-23(20)30-2)15-21(26-27)16-10-12-18(25)13-11-16/h3-14,22H,15H2,1-2H3/t22-/m1/s1. The summed E-state index contributed by atoms with van der Waals surface area (Å²) in [7, 11) is 3.22. The summed E-state index contributed by atoms with van der Waals surface area (Å²) in [6, 6.07) is 22.6. The molecule has 30 heavy (non-hydrogen) atoms. The SMILES string of the molecule is COc1cccc(C(=O)N2N=C(c3ccc(Br)cc3)C[C@@H]2c2ccccc2OC)c1. The molecule has 6 heteroatoms. The molecule has 0 aromatic heterocycles. The van der Waals surface area contributed by atoms with Crippen LogP contribution in [-0.4, -0.2) is 30.8 Å². The average molecular weight is 465 g/mol. The minimum Gasteiger partial charge on any atom is -0.497 e. The summed E-state index contributed by atoms with van der Waals surface area (Å²) in [5.41, 5.74) is 3.29. The van der Waals surface area contributed by atoms with E-state index in [1.54, 1.807) is 37.4 Å². The Morgan fingerprint density at radius 3 is 2.50 bits per heavy atom. The lowest BCUT2D eigenvalue weighted by molar-refractivity contribution is 0.0709. The molecule has 0 unspecified atom stereocenters. The van der Waals surface area contributed by atoms with Gasteiger partial charge in [0.1, 0.15) is 11.5 Å². The minimum absolute atomic E-state index is 0.183. The highest BCUT2D eigenvalue weighted by Crippen LogP contribution is 2.38. The van der Waals surface area contributed by atoms with Crippen molar-refractivity contribution >= 4 is 27.5 Å². The first-order valence-electron chi connectivity index (χ1n) is 9.54. The molecule has 0 saturated carbocycles. The molecule has 1 amide bonds. The molecule has 0 radical (unpaired) electrons. The fraction of sp³-hybridized carbons (Fsp3) is 0.167. The average Bonchev–Trinajstić information content (AvgIpc) is 3.24. The largest absolute Gasteiger partial charge is 0.497 e. The lowest BCUT2D eigenvalue weighted by Gasteiger charge is -2.23. The number of methoxy groups -OCH3 is 2. The molecule has 1 atom stereocenters. The Morgan fingerprint density at radius 2 is 1.77 bits per heavy atom. The van der Waals surface area contributed by atoms with Gasteiger partial charge in [-0.05, 0) is 42.0 Å². The fourth-order valence-electron chi connectivity index (χ4n) is 3.59. The monoisotopic (exact) mass is 464 g/mol. The Balaban J connectivity index is 1.76. The number of benzene rings is 3. The number of nitrogens with zero attached hydrogens (tertiary/aromatic N) is 2. The Bertz CT molecular complexity index is 1100. The van der Waals surface area contributed by atoms with Gasteiger partial charge in [0.05, 0.1) is 26.0 Å². The van der Waals surface area contributed by atoms with E-state index in [0.29, 0.717) is 17.7 Å². The van der Waals surface area contributed by atoms with Gasteiger partial charge in [-0.25, -0.2) is 5.01 Å². The predicted octanol–water partition coefficient (Wildman–Crippen LogP) is 5.46. The minimum atomic E-state index is -0.265. The van der Waals surface area contributed by atoms with Crippen LogP contribution in [0.5, 0.6) is 11.5 Å². The van der Waals surface area contributed by atoms with E-state index < -0.39 is 0 Å². The second-order valence-electron chi connectivity index (χ2n) is 6.90. The van der Waals surface area contributed by atoms with Gasteiger partial charge < -0.3 is 9.47 Å². The van der Waals surface area contributed by atoms with E-state index >= 15 is 0 Å². The maximum absolute atomic E-state index is 13.4. The molecule has 1 aliphatic heterocycles. The second kappa shape index (κ2) is 8.71. The number of halogens is 1. The van der Waals surface area contributed by atoms with Gasteiger partial charge in [0, 0.05) is 22.0 Å². The van der Waals surface area contributed by atoms with Crippen molar-refractivity contribution < 1.29 is 14.3 Å². The van der Waals surface area contributed by atoms with Crippen LogP contribution in [0.1, 0.15) is 33.9 Å². The van der Waals surface area contributed by atoms with Crippen LogP contribution < -0.4 is 9.47 Å². The molecule has 3 aromatic rings. The molecule has 0 fully saturated rings. The molecule has 0 saturated heterocycles. The molecule has 1 heterocycles. The van der Waals surface area contributed by atoms with Crippen molar-refractivity contribution in [3.8, 4) is 11.5 Å². The van der Waals surface area contributed by atoms with Crippen molar-refractivity contribution in [1.82, 2.24) is 5.01 Å². The Kier molecular flexibility index (Phi) is 5.86. The summed E-state index contributed by atoms with van der Waals surface area (Å²) >= 11 is 3.47. The molecule has 1 aliphatic rings. The van der Waals surface area contributed by atoms with Crippen molar-refractivity contribution in [3.63, 3.8) is 0 Å². The van der Waals surface area contributed by atoms with Crippen LogP contribution in [0.2, 0.25) is 0 Å². The summed E-state index contributed by atoms with van der Waals surface area (Å²) in [5.74, 6) is 1.18. The number of rotatable bonds is 5. The smallest absolute Gasteiger partial charge is 0.274 e. The van der Waals surface area contributed by atoms with Crippen molar-refractivity contribution in [2.45, 2.75) is 12.5 Å². The van der Waals surface area contributed by atoms with Gasteiger partial charge in [0.15, 0.2) is 0 Å². The Morgan fingerprint density at radius 1 is 1.00 bits per heavy atom. The fourth-order valence-corrected chi connectivity index (χ4v) is 3.85. The van der Waals surface area contributed by atoms with Crippen LogP contribution in [0.15, 0.2) is 82.4 Å². The molecule has 3 aromatic carbocycles. The summed E-state index contributed by atoms with van der Waals surface area (Å²) in [5, 5.41) is 6.30. The lowest BCUT2D eigenvalue weighted by Crippen LogP contribution is -2.27. The van der Waals surface area contributed by atoms with E-state index in [-0.39, 0.29) is 11.9 Å². The van der Waals surface area contributed by atoms with Crippen LogP contribution in [0.3, 0.4) is 0 Å². The van der Waals surface area contributed by atoms with Crippen LogP contribution in [0, 0.1) is 0 Å². The van der Waals surface area contributed by atoms with Crippen molar-refractivity contribution in [1.29, 1.82) is 0 Å². The molecule has 0 aliphatic carbocycles. The highest BCUT2D eigenvalue weighted by molar-refractivity contribution is 9.10.